The van der Waals surface area contributed by atoms with Crippen molar-refractivity contribution in [3.63, 3.8) is 0 Å². The second-order valence-corrected chi connectivity index (χ2v) is 4.92. The van der Waals surface area contributed by atoms with E-state index >= 15 is 0 Å². The first kappa shape index (κ1) is 14.1. The van der Waals surface area contributed by atoms with Crippen LogP contribution in [-0.4, -0.2) is 35.2 Å². The van der Waals surface area contributed by atoms with E-state index in [0.717, 1.165) is 25.8 Å². The van der Waals surface area contributed by atoms with Gasteiger partial charge >= 0.3 is 5.97 Å². The molecular weight excluding hydrogens is 242 g/mol. The molecule has 0 saturated carbocycles. The lowest BCUT2D eigenvalue weighted by molar-refractivity contribution is -0.145. The van der Waals surface area contributed by atoms with Crippen molar-refractivity contribution in [1.82, 2.24) is 14.9 Å². The maximum atomic E-state index is 11.7. The van der Waals surface area contributed by atoms with Gasteiger partial charge in [0.25, 0.3) is 0 Å². The molecule has 1 aromatic heterocycles. The van der Waals surface area contributed by atoms with Crippen LogP contribution in [0.15, 0.2) is 6.33 Å². The number of aromatic nitrogens is 2. The Hall–Kier alpha value is -1.36. The summed E-state index contributed by atoms with van der Waals surface area (Å²) in [5, 5.41) is 3.02. The molecule has 0 bridgehead atoms. The van der Waals surface area contributed by atoms with Crippen molar-refractivity contribution < 1.29 is 9.53 Å². The Morgan fingerprint density at radius 3 is 3.05 bits per heavy atom. The van der Waals surface area contributed by atoms with E-state index in [4.69, 9.17) is 4.74 Å². The summed E-state index contributed by atoms with van der Waals surface area (Å²) in [5.74, 6) is -0.168. The minimum absolute atomic E-state index is 0.168. The van der Waals surface area contributed by atoms with Crippen LogP contribution in [0.3, 0.4) is 0 Å². The molecule has 0 amide bonds. The summed E-state index contributed by atoms with van der Waals surface area (Å²) in [4.78, 5) is 16.2. The zero-order valence-corrected chi connectivity index (χ0v) is 11.8. The molecule has 0 aromatic carbocycles. The summed E-state index contributed by atoms with van der Waals surface area (Å²) in [7, 11) is 1.80. The zero-order valence-electron chi connectivity index (χ0n) is 11.8. The second-order valence-electron chi connectivity index (χ2n) is 4.92. The first-order chi connectivity index (χ1) is 9.26. The Kier molecular flexibility index (Phi) is 4.96. The molecule has 1 aliphatic rings. The average Bonchev–Trinajstić information content (AvgIpc) is 2.83. The normalized spacial score (nSPS) is 15.9. The molecule has 0 radical (unpaired) electrons. The van der Waals surface area contributed by atoms with E-state index in [2.05, 4.69) is 14.9 Å². The summed E-state index contributed by atoms with van der Waals surface area (Å²) in [5.41, 5.74) is 2.59. The van der Waals surface area contributed by atoms with Crippen LogP contribution in [0.25, 0.3) is 0 Å². The van der Waals surface area contributed by atoms with E-state index in [9.17, 15) is 4.79 Å². The van der Waals surface area contributed by atoms with Crippen molar-refractivity contribution >= 4 is 5.97 Å². The number of likely N-dealkylation sites (N-methyl/N-ethyl adjacent to an activating group) is 1. The summed E-state index contributed by atoms with van der Waals surface area (Å²) < 4.78 is 7.24. The molecule has 5 heteroatoms. The predicted molar refractivity (Wildman–Crippen MR) is 73.0 cm³/mol. The number of carbonyl (C=O) groups is 1. The van der Waals surface area contributed by atoms with Crippen molar-refractivity contribution in [3.05, 3.63) is 17.7 Å². The summed E-state index contributed by atoms with van der Waals surface area (Å²) >= 11 is 0. The third-order valence-corrected chi connectivity index (χ3v) is 3.69. The van der Waals surface area contributed by atoms with Gasteiger partial charge in [0, 0.05) is 12.2 Å². The first-order valence-corrected chi connectivity index (χ1v) is 7.13. The van der Waals surface area contributed by atoms with E-state index in [1.54, 1.807) is 7.05 Å². The monoisotopic (exact) mass is 265 g/mol. The van der Waals surface area contributed by atoms with Crippen LogP contribution in [0.4, 0.5) is 0 Å². The van der Waals surface area contributed by atoms with Crippen molar-refractivity contribution in [2.75, 3.05) is 13.7 Å². The largest absolute Gasteiger partial charge is 0.465 e. The van der Waals surface area contributed by atoms with E-state index in [0.29, 0.717) is 6.61 Å². The molecule has 106 valence electrons. The number of esters is 1. The van der Waals surface area contributed by atoms with Gasteiger partial charge < -0.3 is 14.6 Å². The van der Waals surface area contributed by atoms with Gasteiger partial charge in [0.05, 0.1) is 18.6 Å². The second kappa shape index (κ2) is 6.70. The molecule has 1 aliphatic carbocycles. The number of nitrogens with zero attached hydrogens (tertiary/aromatic N) is 2. The number of imidazole rings is 1. The lowest BCUT2D eigenvalue weighted by Crippen LogP contribution is -2.36. The Balaban J connectivity index is 1.94. The van der Waals surface area contributed by atoms with Gasteiger partial charge in [0.1, 0.15) is 6.04 Å². The number of nitrogens with one attached hydrogen (secondary N) is 1. The zero-order chi connectivity index (χ0) is 13.7. The minimum Gasteiger partial charge on any atom is -0.465 e. The number of hydrogen-bond acceptors (Lipinski definition) is 4. The van der Waals surface area contributed by atoms with Gasteiger partial charge in [-0.2, -0.15) is 0 Å². The highest BCUT2D eigenvalue weighted by atomic mass is 16.5. The molecule has 0 aliphatic heterocycles. The molecule has 1 N–H and O–H groups in total. The van der Waals surface area contributed by atoms with Gasteiger partial charge in [-0.1, -0.05) is 0 Å². The van der Waals surface area contributed by atoms with Crippen LogP contribution in [0, 0.1) is 0 Å². The molecule has 1 heterocycles. The lowest BCUT2D eigenvalue weighted by Gasteiger charge is -2.17. The third-order valence-electron chi connectivity index (χ3n) is 3.69. The molecule has 0 spiro atoms. The van der Waals surface area contributed by atoms with E-state index in [1.807, 2.05) is 13.3 Å². The maximum absolute atomic E-state index is 11.7. The smallest absolute Gasteiger partial charge is 0.323 e. The summed E-state index contributed by atoms with van der Waals surface area (Å²) in [6.07, 6.45) is 7.33. The quantitative estimate of drug-likeness (QED) is 0.788. The van der Waals surface area contributed by atoms with Crippen molar-refractivity contribution in [2.45, 2.75) is 51.6 Å². The summed E-state index contributed by atoms with van der Waals surface area (Å²) in [6.45, 7) is 3.07. The highest BCUT2D eigenvalue weighted by Gasteiger charge is 2.19. The van der Waals surface area contributed by atoms with Gasteiger partial charge in [-0.25, -0.2) is 4.98 Å². The van der Waals surface area contributed by atoms with Crippen LogP contribution < -0.4 is 5.32 Å². The number of carbonyl (C=O) groups excluding carboxylic acids is 1. The standard InChI is InChI=1S/C14H23N3O2/c1-3-19-14(18)12(15-2)8-9-17-10-16-11-6-4-5-7-13(11)17/h10,12,15H,3-9H2,1-2H3. The Bertz CT molecular complexity index is 428. The Labute approximate surface area is 114 Å². The SMILES string of the molecule is CCOC(=O)C(CCn1cnc2c1CCCC2)NC. The Morgan fingerprint density at radius 1 is 1.53 bits per heavy atom. The number of aryl methyl sites for hydroxylation is 2. The fraction of sp³-hybridized carbons (Fsp3) is 0.714. The van der Waals surface area contributed by atoms with Crippen molar-refractivity contribution in [3.8, 4) is 0 Å². The molecule has 2 rings (SSSR count). The molecule has 0 saturated heterocycles. The van der Waals surface area contributed by atoms with Crippen LogP contribution in [0.1, 0.15) is 37.6 Å². The van der Waals surface area contributed by atoms with Crippen LogP contribution in [0.2, 0.25) is 0 Å². The Morgan fingerprint density at radius 2 is 2.32 bits per heavy atom. The lowest BCUT2D eigenvalue weighted by atomic mass is 10.0. The average molecular weight is 265 g/mol. The minimum atomic E-state index is -0.235. The molecule has 1 unspecified atom stereocenters. The summed E-state index contributed by atoms with van der Waals surface area (Å²) in [6, 6.07) is -0.235. The van der Waals surface area contributed by atoms with E-state index in [-0.39, 0.29) is 12.0 Å². The predicted octanol–water partition coefficient (Wildman–Crippen LogP) is 1.30. The van der Waals surface area contributed by atoms with E-state index in [1.165, 1.54) is 24.2 Å². The number of fused-ring (bicyclic) bond motifs is 1. The first-order valence-electron chi connectivity index (χ1n) is 7.13. The molecule has 0 fully saturated rings. The molecule has 5 nitrogen and oxygen atoms in total. The number of rotatable bonds is 6. The third kappa shape index (κ3) is 3.35. The van der Waals surface area contributed by atoms with Crippen molar-refractivity contribution in [1.29, 1.82) is 0 Å². The fourth-order valence-corrected chi connectivity index (χ4v) is 2.61. The van der Waals surface area contributed by atoms with Crippen LogP contribution >= 0.6 is 0 Å². The van der Waals surface area contributed by atoms with Gasteiger partial charge in [-0.3, -0.25) is 4.79 Å². The van der Waals surface area contributed by atoms with Crippen molar-refractivity contribution in [2.24, 2.45) is 0 Å². The van der Waals surface area contributed by atoms with E-state index < -0.39 is 0 Å². The van der Waals surface area contributed by atoms with Crippen LogP contribution in [0.5, 0.6) is 0 Å². The van der Waals surface area contributed by atoms with Gasteiger partial charge in [0.2, 0.25) is 0 Å². The van der Waals surface area contributed by atoms with Crippen LogP contribution in [-0.2, 0) is 28.9 Å². The van der Waals surface area contributed by atoms with Gasteiger partial charge in [0.15, 0.2) is 0 Å². The number of hydrogen-bond donors (Lipinski definition) is 1. The van der Waals surface area contributed by atoms with Gasteiger partial charge in [-0.05, 0) is 46.1 Å². The highest BCUT2D eigenvalue weighted by Crippen LogP contribution is 2.20. The molecule has 19 heavy (non-hydrogen) atoms. The molecular formula is C14H23N3O2. The molecule has 1 atom stereocenters. The van der Waals surface area contributed by atoms with Gasteiger partial charge in [-0.15, -0.1) is 0 Å². The maximum Gasteiger partial charge on any atom is 0.323 e. The fourth-order valence-electron chi connectivity index (χ4n) is 2.61. The highest BCUT2D eigenvalue weighted by molar-refractivity contribution is 5.75. The molecule has 1 aromatic rings. The number of ether oxygens (including phenoxy) is 1. The topological polar surface area (TPSA) is 56.2 Å².